The zero-order chi connectivity index (χ0) is 10.7. The molecule has 2 aromatic rings. The predicted octanol–water partition coefficient (Wildman–Crippen LogP) is 3.63. The molecule has 1 heterocycles. The van der Waals surface area contributed by atoms with Crippen molar-refractivity contribution in [2.24, 2.45) is 5.16 Å². The molecule has 0 unspecified atom stereocenters. The number of halogens is 1. The standard InChI is InChI=1S/C11H8ClNOS/c12-9-5-3-8(4-6-9)11(13-14)10-2-1-7-15-10/h1-7,14H. The third-order valence-corrected chi connectivity index (χ3v) is 3.10. The Hall–Kier alpha value is -1.32. The first-order chi connectivity index (χ1) is 7.31. The third kappa shape index (κ3) is 2.19. The first-order valence-corrected chi connectivity index (χ1v) is 5.59. The summed E-state index contributed by atoms with van der Waals surface area (Å²) in [5.74, 6) is 0. The highest BCUT2D eigenvalue weighted by Gasteiger charge is 2.07. The van der Waals surface area contributed by atoms with Crippen LogP contribution in [0.15, 0.2) is 46.9 Å². The fraction of sp³-hybridized carbons (Fsp3) is 0. The quantitative estimate of drug-likeness (QED) is 0.483. The molecule has 76 valence electrons. The van der Waals surface area contributed by atoms with E-state index in [-0.39, 0.29) is 0 Å². The van der Waals surface area contributed by atoms with E-state index in [1.807, 2.05) is 29.6 Å². The summed E-state index contributed by atoms with van der Waals surface area (Å²) in [6, 6.07) is 11.0. The van der Waals surface area contributed by atoms with Gasteiger partial charge in [0.05, 0.1) is 4.88 Å². The Morgan fingerprint density at radius 3 is 2.47 bits per heavy atom. The van der Waals surface area contributed by atoms with E-state index in [0.29, 0.717) is 10.7 Å². The molecule has 0 radical (unpaired) electrons. The van der Waals surface area contributed by atoms with E-state index in [9.17, 15) is 0 Å². The maximum atomic E-state index is 8.98. The second-order valence-electron chi connectivity index (χ2n) is 2.93. The van der Waals surface area contributed by atoms with Gasteiger partial charge in [-0.25, -0.2) is 0 Å². The summed E-state index contributed by atoms with van der Waals surface area (Å²) in [4.78, 5) is 0.930. The second kappa shape index (κ2) is 4.47. The van der Waals surface area contributed by atoms with Gasteiger partial charge in [-0.2, -0.15) is 0 Å². The Balaban J connectivity index is 2.41. The van der Waals surface area contributed by atoms with Crippen molar-refractivity contribution >= 4 is 28.6 Å². The minimum absolute atomic E-state index is 0.571. The molecule has 0 aliphatic rings. The normalized spacial score (nSPS) is 11.7. The van der Waals surface area contributed by atoms with E-state index < -0.39 is 0 Å². The van der Waals surface area contributed by atoms with Gasteiger partial charge in [-0.05, 0) is 23.6 Å². The molecule has 0 aliphatic carbocycles. The Bertz CT molecular complexity index is 462. The number of benzene rings is 1. The van der Waals surface area contributed by atoms with Crippen molar-refractivity contribution in [3.8, 4) is 0 Å². The van der Waals surface area contributed by atoms with Gasteiger partial charge in [-0.15, -0.1) is 11.3 Å². The smallest absolute Gasteiger partial charge is 0.127 e. The van der Waals surface area contributed by atoms with E-state index in [1.165, 1.54) is 11.3 Å². The van der Waals surface area contributed by atoms with Crippen LogP contribution in [0.2, 0.25) is 5.02 Å². The molecule has 0 atom stereocenters. The Kier molecular flexibility index (Phi) is 3.04. The minimum atomic E-state index is 0.571. The number of thiophene rings is 1. The highest BCUT2D eigenvalue weighted by molar-refractivity contribution is 7.12. The van der Waals surface area contributed by atoms with Crippen molar-refractivity contribution in [2.45, 2.75) is 0 Å². The lowest BCUT2D eigenvalue weighted by atomic mass is 10.1. The molecule has 0 bridgehead atoms. The fourth-order valence-corrected chi connectivity index (χ4v) is 2.13. The predicted molar refractivity (Wildman–Crippen MR) is 63.2 cm³/mol. The fourth-order valence-electron chi connectivity index (χ4n) is 1.27. The van der Waals surface area contributed by atoms with Crippen LogP contribution in [-0.4, -0.2) is 10.9 Å². The van der Waals surface area contributed by atoms with Crippen LogP contribution in [0.4, 0.5) is 0 Å². The maximum Gasteiger partial charge on any atom is 0.127 e. The highest BCUT2D eigenvalue weighted by atomic mass is 35.5. The van der Waals surface area contributed by atoms with Gasteiger partial charge in [-0.3, -0.25) is 0 Å². The maximum absolute atomic E-state index is 8.98. The van der Waals surface area contributed by atoms with Crippen molar-refractivity contribution in [2.75, 3.05) is 0 Å². The van der Waals surface area contributed by atoms with Gasteiger partial charge in [0, 0.05) is 10.6 Å². The zero-order valence-corrected chi connectivity index (χ0v) is 9.29. The number of nitrogens with zero attached hydrogens (tertiary/aromatic N) is 1. The van der Waals surface area contributed by atoms with Gasteiger partial charge < -0.3 is 5.21 Å². The molecule has 0 saturated carbocycles. The molecule has 1 N–H and O–H groups in total. The van der Waals surface area contributed by atoms with Gasteiger partial charge in [0.1, 0.15) is 5.71 Å². The summed E-state index contributed by atoms with van der Waals surface area (Å²) in [5, 5.41) is 14.9. The van der Waals surface area contributed by atoms with E-state index in [0.717, 1.165) is 10.4 Å². The van der Waals surface area contributed by atoms with Crippen LogP contribution in [-0.2, 0) is 0 Å². The SMILES string of the molecule is ON=C(c1ccc(Cl)cc1)c1cccs1. The molecule has 0 saturated heterocycles. The molecule has 2 nitrogen and oxygen atoms in total. The molecular weight excluding hydrogens is 230 g/mol. The second-order valence-corrected chi connectivity index (χ2v) is 4.32. The Morgan fingerprint density at radius 1 is 1.20 bits per heavy atom. The highest BCUT2D eigenvalue weighted by Crippen LogP contribution is 2.17. The van der Waals surface area contributed by atoms with Crippen LogP contribution in [0.1, 0.15) is 10.4 Å². The van der Waals surface area contributed by atoms with E-state index in [2.05, 4.69) is 5.16 Å². The van der Waals surface area contributed by atoms with E-state index >= 15 is 0 Å². The molecule has 4 heteroatoms. The van der Waals surface area contributed by atoms with Gasteiger partial charge in [-0.1, -0.05) is 35.0 Å². The van der Waals surface area contributed by atoms with E-state index in [1.54, 1.807) is 12.1 Å². The Labute approximate surface area is 96.4 Å². The lowest BCUT2D eigenvalue weighted by molar-refractivity contribution is 0.320. The number of hydrogen-bond acceptors (Lipinski definition) is 3. The first kappa shape index (κ1) is 10.2. The van der Waals surface area contributed by atoms with Gasteiger partial charge >= 0.3 is 0 Å². The molecule has 1 aromatic carbocycles. The van der Waals surface area contributed by atoms with Crippen molar-refractivity contribution in [3.63, 3.8) is 0 Å². The molecule has 0 spiro atoms. The summed E-state index contributed by atoms with van der Waals surface area (Å²) in [7, 11) is 0. The monoisotopic (exact) mass is 237 g/mol. The summed E-state index contributed by atoms with van der Waals surface area (Å²) in [6.45, 7) is 0. The molecule has 0 fully saturated rings. The van der Waals surface area contributed by atoms with Crippen molar-refractivity contribution < 1.29 is 5.21 Å². The summed E-state index contributed by atoms with van der Waals surface area (Å²) >= 11 is 7.32. The number of oxime groups is 1. The number of hydrogen-bond donors (Lipinski definition) is 1. The molecule has 1 aromatic heterocycles. The summed E-state index contributed by atoms with van der Waals surface area (Å²) in [5.41, 5.74) is 1.42. The largest absolute Gasteiger partial charge is 0.410 e. The number of rotatable bonds is 2. The van der Waals surface area contributed by atoms with Gasteiger partial charge in [0.2, 0.25) is 0 Å². The van der Waals surface area contributed by atoms with Crippen molar-refractivity contribution in [3.05, 3.63) is 57.2 Å². The molecule has 0 amide bonds. The van der Waals surface area contributed by atoms with Crippen LogP contribution < -0.4 is 0 Å². The van der Waals surface area contributed by atoms with Crippen LogP contribution >= 0.6 is 22.9 Å². The van der Waals surface area contributed by atoms with Crippen LogP contribution in [0.3, 0.4) is 0 Å². The summed E-state index contributed by atoms with van der Waals surface area (Å²) in [6.07, 6.45) is 0. The average molecular weight is 238 g/mol. The van der Waals surface area contributed by atoms with Gasteiger partial charge in [0.15, 0.2) is 0 Å². The van der Waals surface area contributed by atoms with Crippen molar-refractivity contribution in [1.82, 2.24) is 0 Å². The van der Waals surface area contributed by atoms with Crippen molar-refractivity contribution in [1.29, 1.82) is 0 Å². The molecular formula is C11H8ClNOS. The summed E-state index contributed by atoms with van der Waals surface area (Å²) < 4.78 is 0. The van der Waals surface area contributed by atoms with Crippen LogP contribution in [0.5, 0.6) is 0 Å². The lowest BCUT2D eigenvalue weighted by Crippen LogP contribution is -2.00. The topological polar surface area (TPSA) is 32.6 Å². The average Bonchev–Trinajstić information content (AvgIpc) is 2.75. The van der Waals surface area contributed by atoms with E-state index in [4.69, 9.17) is 16.8 Å². The van der Waals surface area contributed by atoms with Crippen LogP contribution in [0.25, 0.3) is 0 Å². The molecule has 15 heavy (non-hydrogen) atoms. The molecule has 0 aliphatic heterocycles. The lowest BCUT2D eigenvalue weighted by Gasteiger charge is -2.01. The Morgan fingerprint density at radius 2 is 1.93 bits per heavy atom. The van der Waals surface area contributed by atoms with Crippen LogP contribution in [0, 0.1) is 0 Å². The minimum Gasteiger partial charge on any atom is -0.410 e. The molecule has 2 rings (SSSR count). The first-order valence-electron chi connectivity index (χ1n) is 4.33. The zero-order valence-electron chi connectivity index (χ0n) is 7.72. The van der Waals surface area contributed by atoms with Gasteiger partial charge in [0.25, 0.3) is 0 Å². The third-order valence-electron chi connectivity index (χ3n) is 1.97.